The molecule has 0 aromatic heterocycles. The number of hydrogen-bond donors (Lipinski definition) is 3. The van der Waals surface area contributed by atoms with Gasteiger partial charge in [-0.2, -0.15) is 0 Å². The Morgan fingerprint density at radius 1 is 1.62 bits per heavy atom. The molecular weight excluding hydrogens is 170 g/mol. The summed E-state index contributed by atoms with van der Waals surface area (Å²) in [5.74, 6) is -1.75. The maximum atomic E-state index is 10.7. The number of nitrogens with two attached hydrogens (primary N) is 1. The first-order chi connectivity index (χ1) is 5.95. The first-order valence-corrected chi connectivity index (χ1v) is 4.69. The molecule has 1 saturated carbocycles. The van der Waals surface area contributed by atoms with E-state index < -0.39 is 17.6 Å². The standard InChI is InChI=1S/C9H17NO3/c1-6(8(11)12)7-4-2-3-5-9(7,10)13/h6-7,13H,2-5,10H2,1H3,(H,11,12)/t6-,7?,9?/m1/s1. The van der Waals surface area contributed by atoms with Gasteiger partial charge in [-0.3, -0.25) is 4.79 Å². The van der Waals surface area contributed by atoms with E-state index in [-0.39, 0.29) is 5.92 Å². The summed E-state index contributed by atoms with van der Waals surface area (Å²) in [6, 6.07) is 0. The van der Waals surface area contributed by atoms with Crippen molar-refractivity contribution >= 4 is 5.97 Å². The average molecular weight is 187 g/mol. The molecule has 0 saturated heterocycles. The molecule has 13 heavy (non-hydrogen) atoms. The second-order valence-corrected chi connectivity index (χ2v) is 3.97. The van der Waals surface area contributed by atoms with E-state index in [9.17, 15) is 9.90 Å². The zero-order valence-electron chi connectivity index (χ0n) is 7.86. The summed E-state index contributed by atoms with van der Waals surface area (Å²) in [4.78, 5) is 10.7. The summed E-state index contributed by atoms with van der Waals surface area (Å²) in [6.45, 7) is 1.61. The van der Waals surface area contributed by atoms with E-state index >= 15 is 0 Å². The predicted octanol–water partition coefficient (Wildman–Crippen LogP) is 0.545. The monoisotopic (exact) mass is 187 g/mol. The van der Waals surface area contributed by atoms with Gasteiger partial charge in [-0.05, 0) is 19.3 Å². The van der Waals surface area contributed by atoms with Crippen molar-refractivity contribution in [2.24, 2.45) is 17.6 Å². The zero-order valence-corrected chi connectivity index (χ0v) is 7.86. The molecule has 4 nitrogen and oxygen atoms in total. The Bertz CT molecular complexity index is 203. The van der Waals surface area contributed by atoms with E-state index in [4.69, 9.17) is 10.8 Å². The molecule has 0 amide bonds. The van der Waals surface area contributed by atoms with Gasteiger partial charge in [0.25, 0.3) is 0 Å². The summed E-state index contributed by atoms with van der Waals surface area (Å²) in [6.07, 6.45) is 3.06. The molecule has 0 radical (unpaired) electrons. The van der Waals surface area contributed by atoms with Crippen LogP contribution in [-0.4, -0.2) is 21.9 Å². The van der Waals surface area contributed by atoms with E-state index in [2.05, 4.69) is 0 Å². The van der Waals surface area contributed by atoms with Gasteiger partial charge in [0.15, 0.2) is 0 Å². The van der Waals surface area contributed by atoms with Gasteiger partial charge in [0.2, 0.25) is 0 Å². The van der Waals surface area contributed by atoms with Crippen LogP contribution in [0.1, 0.15) is 32.6 Å². The molecule has 1 fully saturated rings. The van der Waals surface area contributed by atoms with Gasteiger partial charge in [-0.1, -0.05) is 13.3 Å². The van der Waals surface area contributed by atoms with Gasteiger partial charge in [-0.25, -0.2) is 0 Å². The summed E-state index contributed by atoms with van der Waals surface area (Å²) < 4.78 is 0. The van der Waals surface area contributed by atoms with Gasteiger partial charge in [0.1, 0.15) is 5.72 Å². The van der Waals surface area contributed by atoms with Gasteiger partial charge in [0.05, 0.1) is 5.92 Å². The van der Waals surface area contributed by atoms with Crippen LogP contribution in [0, 0.1) is 11.8 Å². The van der Waals surface area contributed by atoms with Crippen LogP contribution in [-0.2, 0) is 4.79 Å². The lowest BCUT2D eigenvalue weighted by Crippen LogP contribution is -2.52. The Kier molecular flexibility index (Phi) is 2.93. The largest absolute Gasteiger partial charge is 0.481 e. The lowest BCUT2D eigenvalue weighted by Gasteiger charge is -2.38. The van der Waals surface area contributed by atoms with Crippen LogP contribution >= 0.6 is 0 Å². The number of hydrogen-bond acceptors (Lipinski definition) is 3. The fraction of sp³-hybridized carbons (Fsp3) is 0.889. The van der Waals surface area contributed by atoms with Crippen LogP contribution in [0.15, 0.2) is 0 Å². The summed E-state index contributed by atoms with van der Waals surface area (Å²) in [5, 5.41) is 18.6. The number of carboxylic acid groups (broad SMARTS) is 1. The van der Waals surface area contributed by atoms with Crippen LogP contribution in [0.2, 0.25) is 0 Å². The maximum Gasteiger partial charge on any atom is 0.306 e. The second kappa shape index (κ2) is 3.64. The first kappa shape index (κ1) is 10.5. The summed E-state index contributed by atoms with van der Waals surface area (Å²) >= 11 is 0. The number of carbonyl (C=O) groups is 1. The molecular formula is C9H17NO3. The smallest absolute Gasteiger partial charge is 0.306 e. The van der Waals surface area contributed by atoms with E-state index in [1.54, 1.807) is 6.92 Å². The van der Waals surface area contributed by atoms with Crippen molar-refractivity contribution in [1.82, 2.24) is 0 Å². The molecule has 4 N–H and O–H groups in total. The lowest BCUT2D eigenvalue weighted by molar-refractivity contribution is -0.150. The molecule has 0 heterocycles. The van der Waals surface area contributed by atoms with Crippen LogP contribution in [0.5, 0.6) is 0 Å². The maximum absolute atomic E-state index is 10.7. The van der Waals surface area contributed by atoms with Gasteiger partial charge in [0, 0.05) is 5.92 Å². The Balaban J connectivity index is 2.70. The molecule has 4 heteroatoms. The van der Waals surface area contributed by atoms with Gasteiger partial charge < -0.3 is 15.9 Å². The molecule has 3 atom stereocenters. The van der Waals surface area contributed by atoms with Crippen molar-refractivity contribution in [3.05, 3.63) is 0 Å². The van der Waals surface area contributed by atoms with Crippen LogP contribution in [0.4, 0.5) is 0 Å². The van der Waals surface area contributed by atoms with Crippen molar-refractivity contribution in [2.75, 3.05) is 0 Å². The Hall–Kier alpha value is -0.610. The van der Waals surface area contributed by atoms with Crippen LogP contribution in [0.3, 0.4) is 0 Å². The summed E-state index contributed by atoms with van der Waals surface area (Å²) in [7, 11) is 0. The SMILES string of the molecule is C[C@@H](C(=O)O)C1CCCCC1(N)O. The minimum Gasteiger partial charge on any atom is -0.481 e. The Morgan fingerprint density at radius 2 is 2.23 bits per heavy atom. The molecule has 1 aliphatic carbocycles. The van der Waals surface area contributed by atoms with Crippen molar-refractivity contribution in [3.8, 4) is 0 Å². The zero-order chi connectivity index (χ0) is 10.1. The highest BCUT2D eigenvalue weighted by Gasteiger charge is 2.40. The fourth-order valence-corrected chi connectivity index (χ4v) is 2.06. The van der Waals surface area contributed by atoms with E-state index in [0.29, 0.717) is 12.8 Å². The van der Waals surface area contributed by atoms with Crippen LogP contribution < -0.4 is 5.73 Å². The third kappa shape index (κ3) is 2.19. The van der Waals surface area contributed by atoms with E-state index in [1.165, 1.54) is 0 Å². The molecule has 0 aliphatic heterocycles. The number of aliphatic carboxylic acids is 1. The minimum absolute atomic E-state index is 0.307. The Labute approximate surface area is 77.7 Å². The molecule has 0 bridgehead atoms. The number of carboxylic acids is 1. The minimum atomic E-state index is -1.28. The van der Waals surface area contributed by atoms with E-state index in [1.807, 2.05) is 0 Å². The number of aliphatic hydroxyl groups is 1. The van der Waals surface area contributed by atoms with Gasteiger partial charge in [-0.15, -0.1) is 0 Å². The lowest BCUT2D eigenvalue weighted by atomic mass is 9.75. The average Bonchev–Trinajstić information content (AvgIpc) is 2.02. The van der Waals surface area contributed by atoms with Crippen molar-refractivity contribution in [2.45, 2.75) is 38.3 Å². The molecule has 0 aromatic rings. The Morgan fingerprint density at radius 3 is 2.69 bits per heavy atom. The van der Waals surface area contributed by atoms with Crippen molar-refractivity contribution in [3.63, 3.8) is 0 Å². The number of rotatable bonds is 2. The quantitative estimate of drug-likeness (QED) is 0.551. The highest BCUT2D eigenvalue weighted by Crippen LogP contribution is 2.35. The predicted molar refractivity (Wildman–Crippen MR) is 47.9 cm³/mol. The topological polar surface area (TPSA) is 83.5 Å². The molecule has 1 rings (SSSR count). The molecule has 1 aliphatic rings. The second-order valence-electron chi connectivity index (χ2n) is 3.97. The third-order valence-corrected chi connectivity index (χ3v) is 2.98. The van der Waals surface area contributed by atoms with Crippen LogP contribution in [0.25, 0.3) is 0 Å². The third-order valence-electron chi connectivity index (χ3n) is 2.98. The summed E-state index contributed by atoms with van der Waals surface area (Å²) in [5.41, 5.74) is 4.37. The molecule has 76 valence electrons. The highest BCUT2D eigenvalue weighted by molar-refractivity contribution is 5.70. The van der Waals surface area contributed by atoms with Crippen molar-refractivity contribution in [1.29, 1.82) is 0 Å². The van der Waals surface area contributed by atoms with Gasteiger partial charge >= 0.3 is 5.97 Å². The van der Waals surface area contributed by atoms with E-state index in [0.717, 1.165) is 12.8 Å². The first-order valence-electron chi connectivity index (χ1n) is 4.69. The normalized spacial score (nSPS) is 37.0. The molecule has 0 spiro atoms. The molecule has 0 aromatic carbocycles. The fourth-order valence-electron chi connectivity index (χ4n) is 2.06. The van der Waals surface area contributed by atoms with Crippen molar-refractivity contribution < 1.29 is 15.0 Å². The molecule has 2 unspecified atom stereocenters. The highest BCUT2D eigenvalue weighted by atomic mass is 16.4.